The molecule has 0 fully saturated rings. The van der Waals surface area contributed by atoms with E-state index in [1.807, 2.05) is 26.0 Å². The first-order valence-corrected chi connectivity index (χ1v) is 5.46. The average molecular weight is 227 g/mol. The lowest BCUT2D eigenvalue weighted by molar-refractivity contribution is -0.116. The number of hydrogen-bond donors (Lipinski definition) is 1. The smallest absolute Gasteiger partial charge is 0.225 e. The summed E-state index contributed by atoms with van der Waals surface area (Å²) in [6.07, 6.45) is 1.14. The van der Waals surface area contributed by atoms with Gasteiger partial charge in [-0.05, 0) is 38.0 Å². The van der Waals surface area contributed by atoms with Crippen molar-refractivity contribution in [3.8, 4) is 0 Å². The Kier molecular flexibility index (Phi) is 4.56. The molecule has 1 heterocycles. The lowest BCUT2D eigenvalue weighted by atomic mass is 10.2. The van der Waals surface area contributed by atoms with E-state index < -0.39 is 0 Å². The van der Waals surface area contributed by atoms with Crippen LogP contribution in [0.4, 0.5) is 5.82 Å². The number of halogens is 1. The van der Waals surface area contributed by atoms with Crippen molar-refractivity contribution in [3.63, 3.8) is 0 Å². The zero-order valence-electron chi connectivity index (χ0n) is 9.01. The van der Waals surface area contributed by atoms with E-state index in [0.717, 1.165) is 11.3 Å². The van der Waals surface area contributed by atoms with Crippen LogP contribution >= 0.6 is 11.6 Å². The number of aromatic nitrogens is 1. The molecule has 0 unspecified atom stereocenters. The third-order valence-electron chi connectivity index (χ3n) is 1.90. The Morgan fingerprint density at radius 1 is 1.47 bits per heavy atom. The first kappa shape index (κ1) is 12.0. The number of hydrogen-bond acceptors (Lipinski definition) is 2. The summed E-state index contributed by atoms with van der Waals surface area (Å²) in [7, 11) is 0. The number of pyridine rings is 1. The fourth-order valence-electron chi connectivity index (χ4n) is 1.34. The number of alkyl halides is 1. The maximum atomic E-state index is 11.4. The molecule has 4 heteroatoms. The Hall–Kier alpha value is -1.09. The van der Waals surface area contributed by atoms with Gasteiger partial charge < -0.3 is 5.32 Å². The van der Waals surface area contributed by atoms with E-state index in [1.54, 1.807) is 0 Å². The van der Waals surface area contributed by atoms with Crippen LogP contribution in [0.25, 0.3) is 0 Å². The molecule has 82 valence electrons. The predicted molar refractivity (Wildman–Crippen MR) is 62.3 cm³/mol. The SMILES string of the molecule is Cc1cc(C)nc(NC(=O)CCCCl)c1. The number of nitrogens with one attached hydrogen (secondary N) is 1. The number of carbonyl (C=O) groups excluding carboxylic acids is 1. The minimum absolute atomic E-state index is 0.0341. The second-order valence-corrected chi connectivity index (χ2v) is 3.89. The second kappa shape index (κ2) is 5.71. The van der Waals surface area contributed by atoms with Gasteiger partial charge in [0, 0.05) is 18.0 Å². The monoisotopic (exact) mass is 226 g/mol. The van der Waals surface area contributed by atoms with E-state index in [9.17, 15) is 4.79 Å². The van der Waals surface area contributed by atoms with E-state index >= 15 is 0 Å². The fourth-order valence-corrected chi connectivity index (χ4v) is 1.47. The van der Waals surface area contributed by atoms with Gasteiger partial charge in [0.1, 0.15) is 5.82 Å². The summed E-state index contributed by atoms with van der Waals surface area (Å²) in [6, 6.07) is 3.82. The number of anilines is 1. The minimum Gasteiger partial charge on any atom is -0.311 e. The highest BCUT2D eigenvalue weighted by Gasteiger charge is 2.03. The molecule has 0 spiro atoms. The molecule has 0 saturated carbocycles. The summed E-state index contributed by atoms with van der Waals surface area (Å²) >= 11 is 5.50. The summed E-state index contributed by atoms with van der Waals surface area (Å²) in [5, 5.41) is 2.75. The van der Waals surface area contributed by atoms with Gasteiger partial charge in [0.05, 0.1) is 0 Å². The zero-order chi connectivity index (χ0) is 11.3. The molecule has 0 saturated heterocycles. The Bertz CT molecular complexity index is 332. The number of rotatable bonds is 4. The summed E-state index contributed by atoms with van der Waals surface area (Å²) in [6.45, 7) is 3.88. The van der Waals surface area contributed by atoms with Gasteiger partial charge >= 0.3 is 0 Å². The molecular weight excluding hydrogens is 212 g/mol. The van der Waals surface area contributed by atoms with Crippen LogP contribution in [0.15, 0.2) is 12.1 Å². The Morgan fingerprint density at radius 2 is 2.20 bits per heavy atom. The molecule has 1 N–H and O–H groups in total. The molecule has 1 amide bonds. The molecule has 1 aromatic heterocycles. The number of carbonyl (C=O) groups is 1. The first-order chi connectivity index (χ1) is 7.11. The average Bonchev–Trinajstić information content (AvgIpc) is 2.13. The summed E-state index contributed by atoms with van der Waals surface area (Å²) in [5.74, 6) is 1.09. The molecule has 15 heavy (non-hydrogen) atoms. The van der Waals surface area contributed by atoms with Crippen molar-refractivity contribution in [2.75, 3.05) is 11.2 Å². The van der Waals surface area contributed by atoms with E-state index in [1.165, 1.54) is 0 Å². The highest BCUT2D eigenvalue weighted by Crippen LogP contribution is 2.09. The first-order valence-electron chi connectivity index (χ1n) is 4.93. The van der Waals surface area contributed by atoms with Crippen molar-refractivity contribution in [2.24, 2.45) is 0 Å². The van der Waals surface area contributed by atoms with E-state index in [0.29, 0.717) is 24.5 Å². The summed E-state index contributed by atoms with van der Waals surface area (Å²) in [4.78, 5) is 15.6. The molecular formula is C11H15ClN2O. The lowest BCUT2D eigenvalue weighted by Crippen LogP contribution is -2.12. The summed E-state index contributed by atoms with van der Waals surface area (Å²) in [5.41, 5.74) is 2.00. The molecule has 0 radical (unpaired) electrons. The van der Waals surface area contributed by atoms with Gasteiger partial charge in [-0.1, -0.05) is 0 Å². The van der Waals surface area contributed by atoms with Gasteiger partial charge in [0.2, 0.25) is 5.91 Å². The highest BCUT2D eigenvalue weighted by atomic mass is 35.5. The van der Waals surface area contributed by atoms with Crippen molar-refractivity contribution < 1.29 is 4.79 Å². The maximum absolute atomic E-state index is 11.4. The molecule has 3 nitrogen and oxygen atoms in total. The van der Waals surface area contributed by atoms with Gasteiger partial charge in [-0.3, -0.25) is 4.79 Å². The molecule has 0 atom stereocenters. The Labute approximate surface area is 94.9 Å². The lowest BCUT2D eigenvalue weighted by Gasteiger charge is -2.05. The van der Waals surface area contributed by atoms with E-state index in [4.69, 9.17) is 11.6 Å². The van der Waals surface area contributed by atoms with Crippen molar-refractivity contribution in [1.82, 2.24) is 4.98 Å². The molecule has 0 bridgehead atoms. The van der Waals surface area contributed by atoms with Gasteiger partial charge in [0.25, 0.3) is 0 Å². The van der Waals surface area contributed by atoms with Crippen LogP contribution in [-0.2, 0) is 4.79 Å². The van der Waals surface area contributed by atoms with E-state index in [-0.39, 0.29) is 5.91 Å². The van der Waals surface area contributed by atoms with Crippen LogP contribution < -0.4 is 5.32 Å². The van der Waals surface area contributed by atoms with Crippen LogP contribution in [0.3, 0.4) is 0 Å². The maximum Gasteiger partial charge on any atom is 0.225 e. The van der Waals surface area contributed by atoms with Crippen molar-refractivity contribution in [1.29, 1.82) is 0 Å². The molecule has 0 aliphatic carbocycles. The van der Waals surface area contributed by atoms with Crippen LogP contribution in [0.5, 0.6) is 0 Å². The summed E-state index contributed by atoms with van der Waals surface area (Å²) < 4.78 is 0. The number of aryl methyl sites for hydroxylation is 2. The molecule has 1 rings (SSSR count). The normalized spacial score (nSPS) is 10.1. The number of amides is 1. The molecule has 0 aromatic carbocycles. The van der Waals surface area contributed by atoms with Crippen molar-refractivity contribution in [3.05, 3.63) is 23.4 Å². The van der Waals surface area contributed by atoms with Gasteiger partial charge in [-0.2, -0.15) is 0 Å². The van der Waals surface area contributed by atoms with Crippen LogP contribution in [-0.4, -0.2) is 16.8 Å². The van der Waals surface area contributed by atoms with Crippen molar-refractivity contribution in [2.45, 2.75) is 26.7 Å². The third-order valence-corrected chi connectivity index (χ3v) is 2.17. The van der Waals surface area contributed by atoms with Crippen LogP contribution in [0.1, 0.15) is 24.1 Å². The topological polar surface area (TPSA) is 42.0 Å². The predicted octanol–water partition coefficient (Wildman–Crippen LogP) is 2.66. The molecule has 1 aromatic rings. The second-order valence-electron chi connectivity index (χ2n) is 3.51. The van der Waals surface area contributed by atoms with Crippen molar-refractivity contribution >= 4 is 23.3 Å². The van der Waals surface area contributed by atoms with Gasteiger partial charge in [0.15, 0.2) is 0 Å². The highest BCUT2D eigenvalue weighted by molar-refractivity contribution is 6.18. The van der Waals surface area contributed by atoms with Crippen LogP contribution in [0, 0.1) is 13.8 Å². The number of nitrogens with zero attached hydrogens (tertiary/aromatic N) is 1. The van der Waals surface area contributed by atoms with Gasteiger partial charge in [-0.25, -0.2) is 4.98 Å². The third kappa shape index (κ3) is 4.30. The molecule has 0 aliphatic rings. The van der Waals surface area contributed by atoms with Crippen LogP contribution in [0.2, 0.25) is 0 Å². The quantitative estimate of drug-likeness (QED) is 0.802. The Morgan fingerprint density at radius 3 is 2.80 bits per heavy atom. The standard InChI is InChI=1S/C11H15ClN2O/c1-8-6-9(2)13-10(7-8)14-11(15)4-3-5-12/h6-7H,3-5H2,1-2H3,(H,13,14,15). The molecule has 0 aliphatic heterocycles. The fraction of sp³-hybridized carbons (Fsp3) is 0.455. The Balaban J connectivity index is 2.60. The van der Waals surface area contributed by atoms with Gasteiger partial charge in [-0.15, -0.1) is 11.6 Å². The van der Waals surface area contributed by atoms with E-state index in [2.05, 4.69) is 10.3 Å². The largest absolute Gasteiger partial charge is 0.311 e. The minimum atomic E-state index is -0.0341. The zero-order valence-corrected chi connectivity index (χ0v) is 9.77.